The molecule has 6 aromatic rings. The highest BCUT2D eigenvalue weighted by Crippen LogP contribution is 2.37. The number of hydrogen-bond acceptors (Lipinski definition) is 1. The van der Waals surface area contributed by atoms with Crippen LogP contribution in [0.3, 0.4) is 0 Å². The number of hydrogen-bond donors (Lipinski definition) is 0. The summed E-state index contributed by atoms with van der Waals surface area (Å²) in [6, 6.07) is 31.0. The number of benzene rings is 4. The van der Waals surface area contributed by atoms with Gasteiger partial charge < -0.3 is 0 Å². The Balaban J connectivity index is 1.96. The first kappa shape index (κ1) is 14.5. The Hall–Kier alpha value is -3.65. The van der Waals surface area contributed by atoms with Crippen LogP contribution in [0, 0.1) is 0 Å². The van der Waals surface area contributed by atoms with Gasteiger partial charge in [-0.15, -0.1) is 0 Å². The smallest absolute Gasteiger partial charge is 0.263 e. The Bertz CT molecular complexity index is 1530. The number of fused-ring (bicyclic) bond motifs is 5. The van der Waals surface area contributed by atoms with E-state index in [1.54, 1.807) is 0 Å². The van der Waals surface area contributed by atoms with Crippen LogP contribution in [0.1, 0.15) is 0 Å². The van der Waals surface area contributed by atoms with Gasteiger partial charge in [0.25, 0.3) is 5.56 Å². The van der Waals surface area contributed by atoms with E-state index in [2.05, 4.69) is 48.5 Å². The van der Waals surface area contributed by atoms with Gasteiger partial charge in [-0.2, -0.15) is 0 Å². The molecule has 0 radical (unpaired) electrons. The molecule has 0 unspecified atom stereocenters. The van der Waals surface area contributed by atoms with Gasteiger partial charge in [-0.05, 0) is 40.8 Å². The maximum atomic E-state index is 13.3. The van der Waals surface area contributed by atoms with Gasteiger partial charge >= 0.3 is 0 Å². The van der Waals surface area contributed by atoms with E-state index >= 15 is 0 Å². The number of pyridine rings is 1. The van der Waals surface area contributed by atoms with Gasteiger partial charge in [-0.1, -0.05) is 66.7 Å². The van der Waals surface area contributed by atoms with Crippen LogP contribution in [0.5, 0.6) is 0 Å². The number of rotatable bonds is 1. The fourth-order valence-corrected chi connectivity index (χ4v) is 4.34. The summed E-state index contributed by atoms with van der Waals surface area (Å²) in [4.78, 5) is 13.3. The van der Waals surface area contributed by atoms with Crippen molar-refractivity contribution in [1.29, 1.82) is 0 Å². The van der Waals surface area contributed by atoms with E-state index in [0.29, 0.717) is 0 Å². The lowest BCUT2D eigenvalue weighted by molar-refractivity contribution is 1.21. The molecule has 0 atom stereocenters. The topological polar surface area (TPSA) is 21.5 Å². The molecule has 2 heteroatoms. The molecule has 0 amide bonds. The zero-order valence-corrected chi connectivity index (χ0v) is 14.5. The van der Waals surface area contributed by atoms with E-state index in [9.17, 15) is 4.79 Å². The second-order valence-corrected chi connectivity index (χ2v) is 6.99. The van der Waals surface area contributed by atoms with E-state index in [4.69, 9.17) is 0 Å². The van der Waals surface area contributed by atoms with Crippen LogP contribution in [0.25, 0.3) is 49.1 Å². The molecule has 6 rings (SSSR count). The summed E-state index contributed by atoms with van der Waals surface area (Å²) in [6.45, 7) is 0. The van der Waals surface area contributed by atoms with Crippen molar-refractivity contribution < 1.29 is 0 Å². The molecule has 2 aromatic heterocycles. The van der Waals surface area contributed by atoms with Crippen molar-refractivity contribution in [3.8, 4) is 11.1 Å². The molecule has 0 aliphatic heterocycles. The van der Waals surface area contributed by atoms with Crippen molar-refractivity contribution in [3.63, 3.8) is 0 Å². The van der Waals surface area contributed by atoms with Gasteiger partial charge in [-0.25, -0.2) is 0 Å². The number of nitrogens with zero attached hydrogens (tertiary/aromatic N) is 1. The van der Waals surface area contributed by atoms with Gasteiger partial charge in [0.2, 0.25) is 0 Å². The Labute approximate surface area is 155 Å². The summed E-state index contributed by atoms with van der Waals surface area (Å²) < 4.78 is 1.89. The fraction of sp³-hybridized carbons (Fsp3) is 0. The largest absolute Gasteiger partial charge is 0.275 e. The predicted octanol–water partition coefficient (Wildman–Crippen LogP) is 5.86. The maximum absolute atomic E-state index is 13.3. The van der Waals surface area contributed by atoms with E-state index < -0.39 is 0 Å². The first-order valence-electron chi connectivity index (χ1n) is 9.10. The number of aromatic nitrogens is 1. The molecule has 2 nitrogen and oxygen atoms in total. The lowest BCUT2D eigenvalue weighted by Gasteiger charge is -2.09. The molecule has 2 heterocycles. The lowest BCUT2D eigenvalue weighted by Crippen LogP contribution is -2.12. The van der Waals surface area contributed by atoms with Gasteiger partial charge in [0, 0.05) is 21.5 Å². The van der Waals surface area contributed by atoms with Gasteiger partial charge in [0.15, 0.2) is 0 Å². The van der Waals surface area contributed by atoms with Crippen LogP contribution in [-0.2, 0) is 0 Å². The SMILES string of the molecule is O=c1c2ccccc2c2cc(-c3ccccc3)cc3c4ccccc4n1c23. The fourth-order valence-electron chi connectivity index (χ4n) is 4.34. The molecule has 0 bridgehead atoms. The molecule has 4 aromatic carbocycles. The predicted molar refractivity (Wildman–Crippen MR) is 113 cm³/mol. The van der Waals surface area contributed by atoms with Crippen molar-refractivity contribution in [1.82, 2.24) is 4.40 Å². The van der Waals surface area contributed by atoms with Gasteiger partial charge in [0.05, 0.1) is 11.0 Å². The molecule has 0 saturated heterocycles. The first-order chi connectivity index (χ1) is 13.3. The molecule has 0 N–H and O–H groups in total. The minimum Gasteiger partial charge on any atom is -0.275 e. The molecule has 126 valence electrons. The highest BCUT2D eigenvalue weighted by molar-refractivity contribution is 6.21. The highest BCUT2D eigenvalue weighted by atomic mass is 16.1. The van der Waals surface area contributed by atoms with Crippen molar-refractivity contribution in [2.24, 2.45) is 0 Å². The zero-order valence-electron chi connectivity index (χ0n) is 14.5. The summed E-state index contributed by atoms with van der Waals surface area (Å²) in [7, 11) is 0. The first-order valence-corrected chi connectivity index (χ1v) is 9.10. The molecule has 0 aliphatic carbocycles. The van der Waals surface area contributed by atoms with Crippen LogP contribution >= 0.6 is 0 Å². The quantitative estimate of drug-likeness (QED) is 0.342. The monoisotopic (exact) mass is 345 g/mol. The van der Waals surface area contributed by atoms with Crippen LogP contribution < -0.4 is 5.56 Å². The minimum absolute atomic E-state index is 0.0526. The average molecular weight is 345 g/mol. The Morgan fingerprint density at radius 1 is 0.519 bits per heavy atom. The van der Waals surface area contributed by atoms with E-state index in [0.717, 1.165) is 38.0 Å². The Morgan fingerprint density at radius 3 is 1.89 bits per heavy atom. The second-order valence-electron chi connectivity index (χ2n) is 6.99. The third-order valence-corrected chi connectivity index (χ3v) is 5.53. The van der Waals surface area contributed by atoms with E-state index in [1.807, 2.05) is 46.9 Å². The normalized spacial score (nSPS) is 11.9. The van der Waals surface area contributed by atoms with Gasteiger partial charge in [-0.3, -0.25) is 9.20 Å². The zero-order chi connectivity index (χ0) is 18.0. The average Bonchev–Trinajstić information content (AvgIpc) is 3.08. The Morgan fingerprint density at radius 2 is 1.11 bits per heavy atom. The Kier molecular flexibility index (Phi) is 2.78. The van der Waals surface area contributed by atoms with E-state index in [-0.39, 0.29) is 5.56 Å². The standard InChI is InChI=1S/C25H15NO/c27-25-20-12-5-4-10-18(20)21-14-17(16-8-2-1-3-9-16)15-22-19-11-6-7-13-23(19)26(25)24(21)22/h1-15H. The third-order valence-electron chi connectivity index (χ3n) is 5.53. The van der Waals surface area contributed by atoms with Crippen LogP contribution in [0.4, 0.5) is 0 Å². The minimum atomic E-state index is 0.0526. The lowest BCUT2D eigenvalue weighted by atomic mass is 9.98. The summed E-state index contributed by atoms with van der Waals surface area (Å²) in [5.41, 5.74) is 4.39. The van der Waals surface area contributed by atoms with Crippen LogP contribution in [-0.4, -0.2) is 4.40 Å². The molecule has 0 saturated carbocycles. The highest BCUT2D eigenvalue weighted by Gasteiger charge is 2.17. The molecular weight excluding hydrogens is 330 g/mol. The van der Waals surface area contributed by atoms with E-state index in [1.165, 1.54) is 11.1 Å². The molecule has 0 spiro atoms. The second kappa shape index (κ2) is 5.18. The summed E-state index contributed by atoms with van der Waals surface area (Å²) >= 11 is 0. The van der Waals surface area contributed by atoms with Crippen molar-refractivity contribution in [3.05, 3.63) is 101 Å². The van der Waals surface area contributed by atoms with Crippen molar-refractivity contribution in [2.75, 3.05) is 0 Å². The summed E-state index contributed by atoms with van der Waals surface area (Å²) in [5.74, 6) is 0. The van der Waals surface area contributed by atoms with Gasteiger partial charge in [0.1, 0.15) is 0 Å². The summed E-state index contributed by atoms with van der Waals surface area (Å²) in [5, 5.41) is 5.15. The molecular formula is C25H15NO. The molecule has 0 aliphatic rings. The maximum Gasteiger partial charge on any atom is 0.263 e. The molecule has 27 heavy (non-hydrogen) atoms. The van der Waals surface area contributed by atoms with Crippen LogP contribution in [0.15, 0.2) is 95.8 Å². The van der Waals surface area contributed by atoms with Crippen molar-refractivity contribution in [2.45, 2.75) is 0 Å². The molecule has 0 fully saturated rings. The third kappa shape index (κ3) is 1.87. The number of para-hydroxylation sites is 1. The van der Waals surface area contributed by atoms with Crippen LogP contribution in [0.2, 0.25) is 0 Å². The van der Waals surface area contributed by atoms with Crippen molar-refractivity contribution >= 4 is 38.0 Å². The summed E-state index contributed by atoms with van der Waals surface area (Å²) in [6.07, 6.45) is 0.